The number of amides is 1. The number of rotatable bonds is 3. The molecule has 0 saturated heterocycles. The Morgan fingerprint density at radius 3 is 2.35 bits per heavy atom. The quantitative estimate of drug-likeness (QED) is 0.354. The van der Waals surface area contributed by atoms with E-state index in [1.165, 1.54) is 0 Å². The van der Waals surface area contributed by atoms with E-state index in [2.05, 4.69) is 5.16 Å². The molecule has 5 nitrogen and oxygen atoms in total. The molecule has 1 aromatic carbocycles. The van der Waals surface area contributed by atoms with Crippen LogP contribution < -0.4 is 5.73 Å². The van der Waals surface area contributed by atoms with E-state index in [9.17, 15) is 4.79 Å². The van der Waals surface area contributed by atoms with Gasteiger partial charge in [0, 0.05) is 24.2 Å². The molecule has 0 aromatic heterocycles. The van der Waals surface area contributed by atoms with Gasteiger partial charge < -0.3 is 15.8 Å². The van der Waals surface area contributed by atoms with Crippen LogP contribution in [0.5, 0.6) is 0 Å². The van der Waals surface area contributed by atoms with Gasteiger partial charge in [-0.1, -0.05) is 17.3 Å². The highest BCUT2D eigenvalue weighted by Crippen LogP contribution is 2.26. The summed E-state index contributed by atoms with van der Waals surface area (Å²) in [5.41, 5.74) is 6.66. The first kappa shape index (κ1) is 11.4. The van der Waals surface area contributed by atoms with Gasteiger partial charge in [0.25, 0.3) is 5.91 Å². The van der Waals surface area contributed by atoms with Gasteiger partial charge >= 0.3 is 0 Å². The molecule has 0 bridgehead atoms. The first-order valence-electron chi connectivity index (χ1n) is 5.48. The largest absolute Gasteiger partial charge is 0.409 e. The van der Waals surface area contributed by atoms with Gasteiger partial charge in [-0.05, 0) is 25.0 Å². The van der Waals surface area contributed by atoms with Crippen LogP contribution in [0.2, 0.25) is 0 Å². The molecule has 0 unspecified atom stereocenters. The number of carbonyl (C=O) groups is 1. The minimum atomic E-state index is 0.0126. The highest BCUT2D eigenvalue weighted by molar-refractivity contribution is 5.99. The second-order valence-corrected chi connectivity index (χ2v) is 4.21. The fourth-order valence-electron chi connectivity index (χ4n) is 1.67. The topological polar surface area (TPSA) is 78.9 Å². The van der Waals surface area contributed by atoms with Gasteiger partial charge in [-0.25, -0.2) is 0 Å². The number of carbonyl (C=O) groups excluding carboxylic acids is 1. The van der Waals surface area contributed by atoms with Crippen molar-refractivity contribution >= 4 is 11.7 Å². The summed E-state index contributed by atoms with van der Waals surface area (Å²) in [4.78, 5) is 13.8. The molecule has 1 aromatic rings. The Labute approximate surface area is 99.5 Å². The summed E-state index contributed by atoms with van der Waals surface area (Å²) in [7, 11) is 1.82. The number of hydrogen-bond acceptors (Lipinski definition) is 3. The van der Waals surface area contributed by atoms with Crippen LogP contribution in [0.15, 0.2) is 29.4 Å². The number of nitrogens with two attached hydrogens (primary N) is 1. The molecule has 0 radical (unpaired) electrons. The van der Waals surface area contributed by atoms with Gasteiger partial charge in [-0.3, -0.25) is 4.79 Å². The molecule has 1 saturated carbocycles. The maximum atomic E-state index is 12.0. The van der Waals surface area contributed by atoms with Crippen LogP contribution in [0.1, 0.15) is 28.8 Å². The van der Waals surface area contributed by atoms with E-state index in [1.807, 2.05) is 7.05 Å². The summed E-state index contributed by atoms with van der Waals surface area (Å²) in [5.74, 6) is 0.0538. The molecular weight excluding hydrogens is 218 g/mol. The fraction of sp³-hybridized carbons (Fsp3) is 0.333. The molecule has 2 rings (SSSR count). The second kappa shape index (κ2) is 4.45. The van der Waals surface area contributed by atoms with Gasteiger partial charge in [0.2, 0.25) is 0 Å². The summed E-state index contributed by atoms with van der Waals surface area (Å²) in [6.45, 7) is 0. The maximum absolute atomic E-state index is 12.0. The first-order valence-corrected chi connectivity index (χ1v) is 5.48. The number of oxime groups is 1. The van der Waals surface area contributed by atoms with Gasteiger partial charge in [0.05, 0.1) is 0 Å². The lowest BCUT2D eigenvalue weighted by Crippen LogP contribution is -2.28. The van der Waals surface area contributed by atoms with Crippen LogP contribution in [0.4, 0.5) is 0 Å². The summed E-state index contributed by atoms with van der Waals surface area (Å²) in [6.07, 6.45) is 2.18. The molecular formula is C12H15N3O2. The molecule has 5 heteroatoms. The predicted molar refractivity (Wildman–Crippen MR) is 64.1 cm³/mol. The average Bonchev–Trinajstić information content (AvgIpc) is 3.20. The van der Waals surface area contributed by atoms with E-state index < -0.39 is 0 Å². The van der Waals surface area contributed by atoms with Gasteiger partial charge in [0.1, 0.15) is 0 Å². The minimum absolute atomic E-state index is 0.0126. The number of amidine groups is 1. The maximum Gasteiger partial charge on any atom is 0.253 e. The van der Waals surface area contributed by atoms with Crippen LogP contribution in [-0.2, 0) is 0 Å². The monoisotopic (exact) mass is 233 g/mol. The van der Waals surface area contributed by atoms with E-state index in [0.29, 0.717) is 17.2 Å². The van der Waals surface area contributed by atoms with Gasteiger partial charge in [0.15, 0.2) is 5.84 Å². The number of nitrogens with zero attached hydrogens (tertiary/aromatic N) is 2. The van der Waals surface area contributed by atoms with Crippen molar-refractivity contribution in [3.8, 4) is 0 Å². The zero-order valence-electron chi connectivity index (χ0n) is 9.63. The Hall–Kier alpha value is -2.04. The van der Waals surface area contributed by atoms with Crippen LogP contribution in [0.3, 0.4) is 0 Å². The number of benzene rings is 1. The van der Waals surface area contributed by atoms with Crippen LogP contribution in [0, 0.1) is 0 Å². The van der Waals surface area contributed by atoms with E-state index in [-0.39, 0.29) is 11.7 Å². The van der Waals surface area contributed by atoms with Crippen LogP contribution in [-0.4, -0.2) is 34.9 Å². The molecule has 0 atom stereocenters. The smallest absolute Gasteiger partial charge is 0.253 e. The molecule has 1 aliphatic rings. The third kappa shape index (κ3) is 2.38. The lowest BCUT2D eigenvalue weighted by atomic mass is 10.1. The lowest BCUT2D eigenvalue weighted by molar-refractivity contribution is 0.0785. The predicted octanol–water partition coefficient (Wildman–Crippen LogP) is 1.02. The van der Waals surface area contributed by atoms with Crippen molar-refractivity contribution in [2.75, 3.05) is 7.05 Å². The zero-order valence-corrected chi connectivity index (χ0v) is 9.63. The van der Waals surface area contributed by atoms with Crippen molar-refractivity contribution in [3.05, 3.63) is 35.4 Å². The molecule has 0 spiro atoms. The first-order chi connectivity index (χ1) is 8.13. The van der Waals surface area contributed by atoms with Crippen LogP contribution >= 0.6 is 0 Å². The standard InChI is InChI=1S/C12H15N3O2/c1-15(10-6-7-10)12(16)9-4-2-8(3-5-9)11(13)14-17/h2-5,10,17H,6-7H2,1H3,(H2,13,14). The summed E-state index contributed by atoms with van der Waals surface area (Å²) in [5, 5.41) is 11.4. The second-order valence-electron chi connectivity index (χ2n) is 4.21. The fourth-order valence-corrected chi connectivity index (χ4v) is 1.67. The Bertz CT molecular complexity index is 449. The van der Waals surface area contributed by atoms with Crippen molar-refractivity contribution < 1.29 is 10.0 Å². The lowest BCUT2D eigenvalue weighted by Gasteiger charge is -2.16. The molecule has 0 aliphatic heterocycles. The average molecular weight is 233 g/mol. The summed E-state index contributed by atoms with van der Waals surface area (Å²) < 4.78 is 0. The molecule has 0 heterocycles. The Morgan fingerprint density at radius 2 is 1.88 bits per heavy atom. The van der Waals surface area contributed by atoms with Crippen molar-refractivity contribution in [1.82, 2.24) is 4.90 Å². The summed E-state index contributed by atoms with van der Waals surface area (Å²) >= 11 is 0. The van der Waals surface area contributed by atoms with Crippen molar-refractivity contribution in [1.29, 1.82) is 0 Å². The normalized spacial score (nSPS) is 15.7. The zero-order chi connectivity index (χ0) is 12.4. The third-order valence-corrected chi connectivity index (χ3v) is 2.95. The molecule has 17 heavy (non-hydrogen) atoms. The van der Waals surface area contributed by atoms with Crippen LogP contribution in [0.25, 0.3) is 0 Å². The summed E-state index contributed by atoms with van der Waals surface area (Å²) in [6, 6.07) is 7.11. The third-order valence-electron chi connectivity index (χ3n) is 2.95. The van der Waals surface area contributed by atoms with E-state index >= 15 is 0 Å². The SMILES string of the molecule is CN(C(=O)c1ccc(/C(N)=N/O)cc1)C1CC1. The minimum Gasteiger partial charge on any atom is -0.409 e. The Morgan fingerprint density at radius 1 is 1.35 bits per heavy atom. The van der Waals surface area contributed by atoms with Gasteiger partial charge in [-0.15, -0.1) is 0 Å². The highest BCUT2D eigenvalue weighted by Gasteiger charge is 2.29. The van der Waals surface area contributed by atoms with Crippen molar-refractivity contribution in [2.24, 2.45) is 10.9 Å². The van der Waals surface area contributed by atoms with E-state index in [4.69, 9.17) is 10.9 Å². The molecule has 1 fully saturated rings. The molecule has 90 valence electrons. The number of hydrogen-bond donors (Lipinski definition) is 2. The Balaban J connectivity index is 2.14. The highest BCUT2D eigenvalue weighted by atomic mass is 16.4. The Kier molecular flexibility index (Phi) is 2.99. The van der Waals surface area contributed by atoms with E-state index in [1.54, 1.807) is 29.2 Å². The van der Waals surface area contributed by atoms with Crippen molar-refractivity contribution in [3.63, 3.8) is 0 Å². The van der Waals surface area contributed by atoms with E-state index in [0.717, 1.165) is 12.8 Å². The van der Waals surface area contributed by atoms with Crippen molar-refractivity contribution in [2.45, 2.75) is 18.9 Å². The molecule has 3 N–H and O–H groups in total. The molecule has 1 amide bonds. The molecule has 1 aliphatic carbocycles. The van der Waals surface area contributed by atoms with Gasteiger partial charge in [-0.2, -0.15) is 0 Å².